The zero-order valence-corrected chi connectivity index (χ0v) is 6.14. The standard InChI is InChI=1S/C6H13N2O/c1-6(2,3)8(4)5(7)9/h1H2,2-4H3,(H2,7,9)/p+1. The van der Waals surface area contributed by atoms with Crippen molar-refractivity contribution in [1.82, 2.24) is 4.90 Å². The van der Waals surface area contributed by atoms with Crippen LogP contribution in [0.5, 0.6) is 0 Å². The Kier molecular flexibility index (Phi) is 2.07. The summed E-state index contributed by atoms with van der Waals surface area (Å²) in [7, 11) is 1.62. The molecule has 0 aromatic heterocycles. The summed E-state index contributed by atoms with van der Waals surface area (Å²) < 4.78 is 0. The van der Waals surface area contributed by atoms with Gasteiger partial charge in [-0.05, 0) is 20.8 Å². The van der Waals surface area contributed by atoms with Gasteiger partial charge >= 0.3 is 7.46 Å². The predicted octanol–water partition coefficient (Wildman–Crippen LogP) is 0.722. The lowest BCUT2D eigenvalue weighted by atomic mass is 10.1. The van der Waals surface area contributed by atoms with Crippen LogP contribution in [0.2, 0.25) is 0 Å². The Morgan fingerprint density at radius 3 is 2.11 bits per heavy atom. The van der Waals surface area contributed by atoms with E-state index in [4.69, 9.17) is 5.73 Å². The van der Waals surface area contributed by atoms with Gasteiger partial charge in [0.15, 0.2) is 0 Å². The first kappa shape index (κ1) is 8.27. The average Bonchev–Trinajstić information content (AvgIpc) is 1.62. The molecule has 53 valence electrons. The van der Waals surface area contributed by atoms with E-state index in [0.29, 0.717) is 0 Å². The molecule has 2 N–H and O–H groups in total. The van der Waals surface area contributed by atoms with Crippen LogP contribution in [0.15, 0.2) is 0 Å². The molecule has 0 aliphatic carbocycles. The van der Waals surface area contributed by atoms with Crippen molar-refractivity contribution in [2.45, 2.75) is 19.4 Å². The molecule has 3 nitrogen and oxygen atoms in total. The Morgan fingerprint density at radius 2 is 2.11 bits per heavy atom. The summed E-state index contributed by atoms with van der Waals surface area (Å²) in [5.74, 6) is 0. The highest BCUT2D eigenvalue weighted by Crippen LogP contribution is 2.07. The third-order valence-corrected chi connectivity index (χ3v) is 1.24. The Morgan fingerprint density at radius 1 is 1.78 bits per heavy atom. The minimum absolute atomic E-state index is 0. The van der Waals surface area contributed by atoms with E-state index in [1.165, 1.54) is 4.90 Å². The van der Waals surface area contributed by atoms with E-state index < -0.39 is 11.6 Å². The van der Waals surface area contributed by atoms with Crippen LogP contribution in [-0.2, 0) is 0 Å². The molecule has 0 atom stereocenters. The first-order chi connectivity index (χ1) is 3.85. The summed E-state index contributed by atoms with van der Waals surface area (Å²) in [6, 6.07) is -0.449. The number of nitrogens with zero attached hydrogens (tertiary/aromatic N) is 1. The fraction of sp³-hybridized carbons (Fsp3) is 0.667. The van der Waals surface area contributed by atoms with Crippen LogP contribution in [-0.4, -0.2) is 23.5 Å². The van der Waals surface area contributed by atoms with E-state index in [9.17, 15) is 4.79 Å². The molecule has 0 bridgehead atoms. The second-order valence-electron chi connectivity index (χ2n) is 2.71. The summed E-state index contributed by atoms with van der Waals surface area (Å²) in [6.45, 7) is 7.35. The highest BCUT2D eigenvalue weighted by atomic mass is 16.2. The number of hydrogen-bond donors (Lipinski definition) is 1. The normalized spacial score (nSPS) is 11.1. The van der Waals surface area contributed by atoms with Crippen LogP contribution in [0.3, 0.4) is 0 Å². The Labute approximate surface area is 57.3 Å². The summed E-state index contributed by atoms with van der Waals surface area (Å²) >= 11 is 0. The summed E-state index contributed by atoms with van der Waals surface area (Å²) in [6.07, 6.45) is 0. The fourth-order valence-electron chi connectivity index (χ4n) is 0.298. The lowest BCUT2D eigenvalue weighted by Crippen LogP contribution is -2.45. The van der Waals surface area contributed by atoms with Crippen molar-refractivity contribution in [1.29, 1.82) is 0 Å². The smallest absolute Gasteiger partial charge is 0.351 e. The van der Waals surface area contributed by atoms with Crippen molar-refractivity contribution in [2.24, 2.45) is 5.73 Å². The zero-order valence-electron chi connectivity index (χ0n) is 7.14. The van der Waals surface area contributed by atoms with Gasteiger partial charge in [0.1, 0.15) is 0 Å². The molecule has 1 radical (unpaired) electrons. The summed E-state index contributed by atoms with van der Waals surface area (Å²) in [4.78, 5) is 11.8. The van der Waals surface area contributed by atoms with Gasteiger partial charge < -0.3 is 10.6 Å². The average molecular weight is 130 g/mol. The minimum atomic E-state index is -0.449. The topological polar surface area (TPSA) is 46.3 Å². The van der Waals surface area contributed by atoms with Gasteiger partial charge in [0.2, 0.25) is 0 Å². The van der Waals surface area contributed by atoms with Crippen LogP contribution >= 0.6 is 0 Å². The van der Waals surface area contributed by atoms with E-state index in [-0.39, 0.29) is 1.43 Å². The molecule has 0 rings (SSSR count). The number of hydrogen-bond acceptors (Lipinski definition) is 1. The molecule has 0 aliphatic rings. The predicted molar refractivity (Wildman–Crippen MR) is 37.9 cm³/mol. The van der Waals surface area contributed by atoms with E-state index in [0.717, 1.165) is 0 Å². The second kappa shape index (κ2) is 2.25. The SMILES string of the molecule is [CH2]C(C)(C)N(C)C(N)=O.[H+]. The molecule has 0 unspecified atom stereocenters. The van der Waals surface area contributed by atoms with Gasteiger partial charge in [-0.2, -0.15) is 0 Å². The number of carbonyl (C=O) groups is 1. The highest BCUT2D eigenvalue weighted by Gasteiger charge is 2.19. The third kappa shape index (κ3) is 2.35. The maximum absolute atomic E-state index is 10.5. The molecule has 9 heavy (non-hydrogen) atoms. The van der Waals surface area contributed by atoms with Gasteiger partial charge in [-0.15, -0.1) is 0 Å². The maximum Gasteiger partial charge on any atom is 1.00 e. The molecule has 0 aromatic carbocycles. The van der Waals surface area contributed by atoms with Crippen molar-refractivity contribution < 1.29 is 6.22 Å². The van der Waals surface area contributed by atoms with Gasteiger partial charge in [-0.3, -0.25) is 0 Å². The van der Waals surface area contributed by atoms with E-state index in [1.54, 1.807) is 7.05 Å². The molecule has 0 aliphatic heterocycles. The van der Waals surface area contributed by atoms with E-state index in [1.807, 2.05) is 13.8 Å². The lowest BCUT2D eigenvalue weighted by Gasteiger charge is -2.29. The van der Waals surface area contributed by atoms with E-state index in [2.05, 4.69) is 6.92 Å². The zero-order chi connectivity index (χ0) is 7.65. The molecular formula is C6H14N2O+. The number of amides is 2. The maximum atomic E-state index is 10.5. The van der Waals surface area contributed by atoms with Crippen LogP contribution in [0.4, 0.5) is 4.79 Å². The Hall–Kier alpha value is -0.730. The van der Waals surface area contributed by atoms with Gasteiger partial charge in [-0.25, -0.2) is 4.79 Å². The van der Waals surface area contributed by atoms with Gasteiger partial charge in [0.25, 0.3) is 0 Å². The molecule has 0 saturated carbocycles. The largest absolute Gasteiger partial charge is 1.00 e. The lowest BCUT2D eigenvalue weighted by molar-refractivity contribution is 0.186. The van der Waals surface area contributed by atoms with E-state index >= 15 is 0 Å². The van der Waals surface area contributed by atoms with Gasteiger partial charge in [0, 0.05) is 12.6 Å². The number of carbonyl (C=O) groups excluding carboxylic acids is 1. The molecule has 2 amide bonds. The Balaban J connectivity index is 0. The van der Waals surface area contributed by atoms with Crippen LogP contribution in [0.1, 0.15) is 15.3 Å². The van der Waals surface area contributed by atoms with Crippen LogP contribution in [0, 0.1) is 6.92 Å². The Bertz CT molecular complexity index is 119. The molecule has 0 spiro atoms. The van der Waals surface area contributed by atoms with Gasteiger partial charge in [-0.1, -0.05) is 0 Å². The van der Waals surface area contributed by atoms with Gasteiger partial charge in [0.05, 0.1) is 0 Å². The van der Waals surface area contributed by atoms with Crippen LogP contribution in [0.25, 0.3) is 0 Å². The number of nitrogens with two attached hydrogens (primary N) is 1. The third-order valence-electron chi connectivity index (χ3n) is 1.24. The summed E-state index contributed by atoms with van der Waals surface area (Å²) in [5.41, 5.74) is 4.56. The molecular weight excluding hydrogens is 116 g/mol. The molecule has 3 heteroatoms. The molecule has 0 saturated heterocycles. The van der Waals surface area contributed by atoms with Crippen molar-refractivity contribution >= 4 is 6.03 Å². The van der Waals surface area contributed by atoms with Crippen molar-refractivity contribution in [3.8, 4) is 0 Å². The molecule has 0 fully saturated rings. The minimum Gasteiger partial charge on any atom is -0.351 e. The first-order valence-electron chi connectivity index (χ1n) is 2.74. The number of rotatable bonds is 1. The summed E-state index contributed by atoms with van der Waals surface area (Å²) in [5, 5.41) is 0. The molecule has 0 aromatic rings. The molecule has 0 heterocycles. The van der Waals surface area contributed by atoms with Crippen molar-refractivity contribution in [3.63, 3.8) is 0 Å². The number of primary amides is 1. The fourth-order valence-corrected chi connectivity index (χ4v) is 0.298. The quantitative estimate of drug-likeness (QED) is 0.558. The monoisotopic (exact) mass is 130 g/mol. The van der Waals surface area contributed by atoms with Crippen LogP contribution < -0.4 is 5.73 Å². The highest BCUT2D eigenvalue weighted by molar-refractivity contribution is 5.72. The second-order valence-corrected chi connectivity index (χ2v) is 2.71. The first-order valence-corrected chi connectivity index (χ1v) is 2.74. The van der Waals surface area contributed by atoms with Crippen molar-refractivity contribution in [2.75, 3.05) is 7.05 Å². The number of urea groups is 1. The van der Waals surface area contributed by atoms with Crippen molar-refractivity contribution in [3.05, 3.63) is 6.92 Å².